The number of hydrogen-bond acceptors (Lipinski definition) is 2. The van der Waals surface area contributed by atoms with Crippen molar-refractivity contribution in [3.8, 4) is 0 Å². The first-order valence-electron chi connectivity index (χ1n) is 2.22. The first-order valence-corrected chi connectivity index (χ1v) is 2.22. The van der Waals surface area contributed by atoms with Crippen molar-refractivity contribution in [2.24, 2.45) is 0 Å². The summed E-state index contributed by atoms with van der Waals surface area (Å²) in [6.07, 6.45) is 2.48. The van der Waals surface area contributed by atoms with Gasteiger partial charge in [0.05, 0.1) is 6.26 Å². The van der Waals surface area contributed by atoms with Gasteiger partial charge in [-0.3, -0.25) is 0 Å². The zero-order valence-corrected chi connectivity index (χ0v) is 4.59. The summed E-state index contributed by atoms with van der Waals surface area (Å²) in [5, 5.41) is 8.41. The molecule has 0 heterocycles. The molecule has 7 heavy (non-hydrogen) atoms. The van der Waals surface area contributed by atoms with Crippen LogP contribution in [0.1, 0.15) is 13.8 Å². The summed E-state index contributed by atoms with van der Waals surface area (Å²) in [5.74, 6) is 0. The second-order valence-electron chi connectivity index (χ2n) is 1.20. The molecule has 0 radical (unpaired) electrons. The van der Waals surface area contributed by atoms with E-state index in [0.717, 1.165) is 0 Å². The van der Waals surface area contributed by atoms with Crippen molar-refractivity contribution >= 4 is 0 Å². The molecule has 42 valence electrons. The minimum Gasteiger partial charge on any atom is -0.473 e. The van der Waals surface area contributed by atoms with Gasteiger partial charge in [-0.2, -0.15) is 0 Å². The predicted octanol–water partition coefficient (Wildman–Crippen LogP) is 0.875. The molecule has 0 saturated carbocycles. The van der Waals surface area contributed by atoms with E-state index in [2.05, 4.69) is 4.74 Å². The van der Waals surface area contributed by atoms with E-state index in [1.54, 1.807) is 13.0 Å². The van der Waals surface area contributed by atoms with Gasteiger partial charge in [0.1, 0.15) is 0 Å². The highest BCUT2D eigenvalue weighted by Gasteiger charge is 1.83. The molecule has 0 amide bonds. The largest absolute Gasteiger partial charge is 0.473 e. The number of rotatable bonds is 2. The van der Waals surface area contributed by atoms with E-state index < -0.39 is 6.29 Å². The maximum absolute atomic E-state index is 8.41. The summed E-state index contributed by atoms with van der Waals surface area (Å²) in [7, 11) is 0. The Kier molecular flexibility index (Phi) is 3.42. The third-order valence-electron chi connectivity index (χ3n) is 0.412. The van der Waals surface area contributed by atoms with Crippen molar-refractivity contribution in [1.29, 1.82) is 0 Å². The average molecular weight is 102 g/mol. The molecule has 0 rings (SSSR count). The molecule has 0 aliphatic heterocycles. The Morgan fingerprint density at radius 1 is 1.71 bits per heavy atom. The summed E-state index contributed by atoms with van der Waals surface area (Å²) >= 11 is 0. The van der Waals surface area contributed by atoms with Crippen LogP contribution in [-0.4, -0.2) is 11.4 Å². The van der Waals surface area contributed by atoms with Gasteiger partial charge in [-0.1, -0.05) is 6.08 Å². The van der Waals surface area contributed by atoms with Gasteiger partial charge in [0, 0.05) is 0 Å². The smallest absolute Gasteiger partial charge is 0.193 e. The molecule has 0 aromatic heterocycles. The lowest BCUT2D eigenvalue weighted by atomic mass is 10.7. The van der Waals surface area contributed by atoms with Crippen LogP contribution in [0.4, 0.5) is 0 Å². The first-order chi connectivity index (χ1) is 3.27. The van der Waals surface area contributed by atoms with E-state index >= 15 is 0 Å². The number of aliphatic hydroxyl groups excluding tert-OH is 1. The second kappa shape index (κ2) is 3.68. The Morgan fingerprint density at radius 2 is 2.29 bits per heavy atom. The molecule has 0 aliphatic rings. The molecule has 2 nitrogen and oxygen atoms in total. The highest BCUT2D eigenvalue weighted by Crippen LogP contribution is 1.82. The lowest BCUT2D eigenvalue weighted by molar-refractivity contribution is -0.0350. The van der Waals surface area contributed by atoms with Gasteiger partial charge >= 0.3 is 0 Å². The summed E-state index contributed by atoms with van der Waals surface area (Å²) in [6, 6.07) is 0. The maximum Gasteiger partial charge on any atom is 0.193 e. The van der Waals surface area contributed by atoms with Gasteiger partial charge in [-0.15, -0.1) is 0 Å². The van der Waals surface area contributed by atoms with Crippen molar-refractivity contribution in [2.75, 3.05) is 0 Å². The molecule has 0 aromatic carbocycles. The normalized spacial score (nSPS) is 14.7. The van der Waals surface area contributed by atoms with Gasteiger partial charge < -0.3 is 9.84 Å². The quantitative estimate of drug-likeness (QED) is 0.414. The first kappa shape index (κ1) is 6.50. The molecule has 0 aliphatic carbocycles. The molecule has 1 N–H and O–H groups in total. The zero-order valence-electron chi connectivity index (χ0n) is 4.59. The summed E-state index contributed by atoms with van der Waals surface area (Å²) < 4.78 is 4.57. The van der Waals surface area contributed by atoms with Crippen LogP contribution >= 0.6 is 0 Å². The fourth-order valence-electron chi connectivity index (χ4n) is 0.192. The van der Waals surface area contributed by atoms with Crippen LogP contribution in [0, 0.1) is 0 Å². The molecule has 1 unspecified atom stereocenters. The monoisotopic (exact) mass is 102 g/mol. The van der Waals surface area contributed by atoms with Crippen LogP contribution in [0.25, 0.3) is 0 Å². The molecule has 0 bridgehead atoms. The van der Waals surface area contributed by atoms with E-state index in [1.807, 2.05) is 6.92 Å². The molecular weight excluding hydrogens is 92.1 g/mol. The van der Waals surface area contributed by atoms with E-state index in [4.69, 9.17) is 5.11 Å². The van der Waals surface area contributed by atoms with E-state index in [-0.39, 0.29) is 0 Å². The lowest BCUT2D eigenvalue weighted by Crippen LogP contribution is -1.99. The maximum atomic E-state index is 8.41. The van der Waals surface area contributed by atoms with Gasteiger partial charge in [0.15, 0.2) is 6.29 Å². The zero-order chi connectivity index (χ0) is 5.70. The van der Waals surface area contributed by atoms with Crippen molar-refractivity contribution in [1.82, 2.24) is 0 Å². The van der Waals surface area contributed by atoms with Crippen LogP contribution in [0.15, 0.2) is 12.3 Å². The lowest BCUT2D eigenvalue weighted by Gasteiger charge is -1.99. The molecule has 0 aromatic rings. The van der Waals surface area contributed by atoms with Gasteiger partial charge in [0.2, 0.25) is 0 Å². The Labute approximate surface area is 43.4 Å². The van der Waals surface area contributed by atoms with Crippen LogP contribution < -0.4 is 0 Å². The Balaban J connectivity index is 2.97. The number of ether oxygens (including phenoxy) is 1. The van der Waals surface area contributed by atoms with Gasteiger partial charge in [-0.25, -0.2) is 0 Å². The standard InChI is InChI=1S/C5H10O2/c1-3-4-7-5(2)6/h3-6H,1-2H3/b4-3-. The number of hydrogen-bond donors (Lipinski definition) is 1. The molecule has 0 saturated heterocycles. The minimum atomic E-state index is -0.684. The van der Waals surface area contributed by atoms with Gasteiger partial charge in [-0.05, 0) is 13.8 Å². The van der Waals surface area contributed by atoms with E-state index in [0.29, 0.717) is 0 Å². The highest BCUT2D eigenvalue weighted by atomic mass is 16.6. The number of aliphatic hydroxyl groups is 1. The van der Waals surface area contributed by atoms with Crippen LogP contribution in [0.2, 0.25) is 0 Å². The average Bonchev–Trinajstić information content (AvgIpc) is 1.61. The Bertz CT molecular complexity index is 57.1. The third-order valence-corrected chi connectivity index (χ3v) is 0.412. The molecule has 0 fully saturated rings. The van der Waals surface area contributed by atoms with Crippen LogP contribution in [-0.2, 0) is 4.74 Å². The fraction of sp³-hybridized carbons (Fsp3) is 0.600. The minimum absolute atomic E-state index is 0.684. The summed E-state index contributed by atoms with van der Waals surface area (Å²) in [4.78, 5) is 0. The van der Waals surface area contributed by atoms with Crippen molar-refractivity contribution in [3.05, 3.63) is 12.3 Å². The van der Waals surface area contributed by atoms with Crippen molar-refractivity contribution < 1.29 is 9.84 Å². The Hall–Kier alpha value is -0.500. The van der Waals surface area contributed by atoms with Crippen molar-refractivity contribution in [2.45, 2.75) is 20.1 Å². The summed E-state index contributed by atoms with van der Waals surface area (Å²) in [5.41, 5.74) is 0. The highest BCUT2D eigenvalue weighted by molar-refractivity contribution is 4.64. The van der Waals surface area contributed by atoms with Crippen LogP contribution in [0.3, 0.4) is 0 Å². The molecule has 0 spiro atoms. The third kappa shape index (κ3) is 5.50. The molecule has 1 atom stereocenters. The van der Waals surface area contributed by atoms with E-state index in [9.17, 15) is 0 Å². The topological polar surface area (TPSA) is 29.5 Å². The fourth-order valence-corrected chi connectivity index (χ4v) is 0.192. The van der Waals surface area contributed by atoms with E-state index in [1.165, 1.54) is 6.26 Å². The van der Waals surface area contributed by atoms with Crippen LogP contribution in [0.5, 0.6) is 0 Å². The number of allylic oxidation sites excluding steroid dienone is 1. The van der Waals surface area contributed by atoms with Crippen molar-refractivity contribution in [3.63, 3.8) is 0 Å². The SMILES string of the molecule is C/C=C\OC(C)O. The molecule has 2 heteroatoms. The summed E-state index contributed by atoms with van der Waals surface area (Å²) in [6.45, 7) is 3.38. The van der Waals surface area contributed by atoms with Gasteiger partial charge in [0.25, 0.3) is 0 Å². The Morgan fingerprint density at radius 3 is 2.43 bits per heavy atom. The predicted molar refractivity (Wildman–Crippen MR) is 27.6 cm³/mol. The second-order valence-corrected chi connectivity index (χ2v) is 1.20. The molecular formula is C5H10O2.